The number of amides is 1. The van der Waals surface area contributed by atoms with Crippen LogP contribution in [-0.2, 0) is 4.79 Å². The molecule has 2 atom stereocenters. The van der Waals surface area contributed by atoms with Gasteiger partial charge in [0.25, 0.3) is 0 Å². The van der Waals surface area contributed by atoms with Gasteiger partial charge in [0.05, 0.1) is 5.60 Å². The zero-order valence-electron chi connectivity index (χ0n) is 15.5. The zero-order valence-corrected chi connectivity index (χ0v) is 15.5. The molecule has 6 heteroatoms. The molecule has 2 aromatic rings. The fraction of sp³-hybridized carbons (Fsp3) is 0.650. The van der Waals surface area contributed by atoms with Crippen molar-refractivity contribution in [2.24, 2.45) is 17.3 Å². The number of aromatic nitrogens is 3. The van der Waals surface area contributed by atoms with E-state index in [1.807, 2.05) is 26.0 Å². The quantitative estimate of drug-likeness (QED) is 0.888. The Morgan fingerprint density at radius 2 is 2.00 bits per heavy atom. The highest BCUT2D eigenvalue weighted by Gasteiger charge is 2.57. The van der Waals surface area contributed by atoms with Crippen molar-refractivity contribution >= 4 is 17.4 Å². The molecule has 6 rings (SSSR count). The van der Waals surface area contributed by atoms with Crippen LogP contribution >= 0.6 is 0 Å². The number of aryl methyl sites for hydroxylation is 2. The Morgan fingerprint density at radius 3 is 2.69 bits per heavy atom. The number of fused-ring (bicyclic) bond motifs is 1. The van der Waals surface area contributed by atoms with Crippen molar-refractivity contribution in [3.63, 3.8) is 0 Å². The standard InChI is InChI=1S/C20H26N4O2/c1-12-3-13(2)24-17(21-12)5-16(23-24)22-18(25)10-19-6-14-4-15(7-19)9-20(26,8-14)11-19/h3,5,14-15,26H,4,6-11H2,1-2H3,(H,22,23,25). The maximum Gasteiger partial charge on any atom is 0.226 e. The third kappa shape index (κ3) is 2.62. The average Bonchev–Trinajstić information content (AvgIpc) is 2.86. The smallest absolute Gasteiger partial charge is 0.226 e. The second-order valence-corrected chi connectivity index (χ2v) is 9.25. The van der Waals surface area contributed by atoms with E-state index >= 15 is 0 Å². The molecule has 0 saturated heterocycles. The van der Waals surface area contributed by atoms with Crippen LogP contribution in [0.3, 0.4) is 0 Å². The van der Waals surface area contributed by atoms with Gasteiger partial charge in [0, 0.05) is 23.9 Å². The van der Waals surface area contributed by atoms with Gasteiger partial charge >= 0.3 is 0 Å². The van der Waals surface area contributed by atoms with Crippen LogP contribution in [0.15, 0.2) is 12.1 Å². The molecule has 0 spiro atoms. The Hall–Kier alpha value is -1.95. The van der Waals surface area contributed by atoms with E-state index in [0.717, 1.165) is 49.1 Å². The minimum Gasteiger partial charge on any atom is -0.390 e. The van der Waals surface area contributed by atoms with Crippen LogP contribution in [0.1, 0.15) is 56.3 Å². The summed E-state index contributed by atoms with van der Waals surface area (Å²) in [5.74, 6) is 1.76. The number of carbonyl (C=O) groups excluding carboxylic acids is 1. The summed E-state index contributed by atoms with van der Waals surface area (Å²) in [6.07, 6.45) is 6.55. The van der Waals surface area contributed by atoms with Crippen LogP contribution in [0, 0.1) is 31.1 Å². The van der Waals surface area contributed by atoms with Gasteiger partial charge in [-0.15, -0.1) is 5.10 Å². The number of nitrogens with zero attached hydrogens (tertiary/aromatic N) is 3. The average molecular weight is 354 g/mol. The maximum absolute atomic E-state index is 12.8. The first kappa shape index (κ1) is 16.2. The summed E-state index contributed by atoms with van der Waals surface area (Å²) in [5.41, 5.74) is 2.14. The van der Waals surface area contributed by atoms with Crippen LogP contribution in [0.2, 0.25) is 0 Å². The Bertz CT molecular complexity index is 889. The monoisotopic (exact) mass is 354 g/mol. The Labute approximate surface area is 153 Å². The molecule has 2 N–H and O–H groups in total. The topological polar surface area (TPSA) is 79.5 Å². The fourth-order valence-corrected chi connectivity index (χ4v) is 6.48. The maximum atomic E-state index is 12.8. The molecule has 0 aromatic carbocycles. The summed E-state index contributed by atoms with van der Waals surface area (Å²) in [5, 5.41) is 18.3. The van der Waals surface area contributed by atoms with Gasteiger partial charge in [0.1, 0.15) is 0 Å². The van der Waals surface area contributed by atoms with Crippen LogP contribution in [0.5, 0.6) is 0 Å². The van der Waals surface area contributed by atoms with Crippen molar-refractivity contribution in [3.05, 3.63) is 23.5 Å². The lowest BCUT2D eigenvalue weighted by Crippen LogP contribution is -2.56. The molecule has 2 unspecified atom stereocenters. The molecule has 4 bridgehead atoms. The lowest BCUT2D eigenvalue weighted by atomic mass is 9.47. The molecule has 1 amide bonds. The molecule has 4 fully saturated rings. The predicted octanol–water partition coefficient (Wildman–Crippen LogP) is 3.01. The van der Waals surface area contributed by atoms with Gasteiger partial charge in [-0.25, -0.2) is 9.50 Å². The molecule has 6 nitrogen and oxygen atoms in total. The van der Waals surface area contributed by atoms with Crippen LogP contribution in [-0.4, -0.2) is 31.2 Å². The van der Waals surface area contributed by atoms with Gasteiger partial charge in [-0.2, -0.15) is 0 Å². The first-order chi connectivity index (χ1) is 12.3. The Kier molecular flexibility index (Phi) is 3.30. The van der Waals surface area contributed by atoms with Gasteiger partial charge in [-0.3, -0.25) is 4.79 Å². The minimum absolute atomic E-state index is 0.00771. The van der Waals surface area contributed by atoms with Gasteiger partial charge in [0.2, 0.25) is 5.91 Å². The zero-order chi connectivity index (χ0) is 18.1. The number of hydrogen-bond acceptors (Lipinski definition) is 4. The molecule has 4 aliphatic carbocycles. The van der Waals surface area contributed by atoms with Gasteiger partial charge in [-0.1, -0.05) is 0 Å². The molecule has 0 radical (unpaired) electrons. The number of carbonyl (C=O) groups is 1. The van der Waals surface area contributed by atoms with Crippen molar-refractivity contribution < 1.29 is 9.90 Å². The lowest BCUT2D eigenvalue weighted by molar-refractivity contribution is -0.167. The molecular formula is C20H26N4O2. The van der Waals surface area contributed by atoms with Crippen LogP contribution < -0.4 is 5.32 Å². The van der Waals surface area contributed by atoms with Crippen molar-refractivity contribution in [2.45, 2.75) is 64.4 Å². The van der Waals surface area contributed by atoms with Crippen molar-refractivity contribution in [3.8, 4) is 0 Å². The molecule has 0 aliphatic heterocycles. The first-order valence-corrected chi connectivity index (χ1v) is 9.68. The minimum atomic E-state index is -0.522. The van der Waals surface area contributed by atoms with Gasteiger partial charge < -0.3 is 10.4 Å². The number of nitrogens with one attached hydrogen (secondary N) is 1. The SMILES string of the molecule is Cc1cc(C)n2nc(NC(=O)CC34CC5CC(CC(O)(C5)C3)C4)cc2n1. The van der Waals surface area contributed by atoms with E-state index in [2.05, 4.69) is 15.4 Å². The summed E-state index contributed by atoms with van der Waals surface area (Å²) >= 11 is 0. The van der Waals surface area contributed by atoms with E-state index in [-0.39, 0.29) is 11.3 Å². The number of anilines is 1. The third-order valence-corrected chi connectivity index (χ3v) is 6.69. The molecular weight excluding hydrogens is 328 g/mol. The second-order valence-electron chi connectivity index (χ2n) is 9.25. The van der Waals surface area contributed by atoms with Gasteiger partial charge in [0.15, 0.2) is 11.5 Å². The van der Waals surface area contributed by atoms with Crippen molar-refractivity contribution in [1.29, 1.82) is 0 Å². The molecule has 4 aliphatic rings. The number of aliphatic hydroxyl groups is 1. The largest absolute Gasteiger partial charge is 0.390 e. The van der Waals surface area contributed by atoms with E-state index in [1.165, 1.54) is 6.42 Å². The van der Waals surface area contributed by atoms with E-state index in [9.17, 15) is 9.90 Å². The number of hydrogen-bond donors (Lipinski definition) is 2. The molecule has 138 valence electrons. The van der Waals surface area contributed by atoms with Crippen LogP contribution in [0.4, 0.5) is 5.82 Å². The lowest BCUT2D eigenvalue weighted by Gasteiger charge is -2.60. The van der Waals surface area contributed by atoms with Crippen LogP contribution in [0.25, 0.3) is 5.65 Å². The van der Waals surface area contributed by atoms with E-state index < -0.39 is 5.60 Å². The highest BCUT2D eigenvalue weighted by molar-refractivity contribution is 5.90. The molecule has 4 saturated carbocycles. The van der Waals surface area contributed by atoms with E-state index in [4.69, 9.17) is 0 Å². The highest BCUT2D eigenvalue weighted by atomic mass is 16.3. The summed E-state index contributed by atoms with van der Waals surface area (Å²) in [6.45, 7) is 3.94. The molecule has 26 heavy (non-hydrogen) atoms. The normalized spacial score (nSPS) is 35.2. The Morgan fingerprint density at radius 1 is 1.27 bits per heavy atom. The second kappa shape index (κ2) is 5.28. The molecule has 2 heterocycles. The summed E-state index contributed by atoms with van der Waals surface area (Å²) in [4.78, 5) is 17.2. The highest BCUT2D eigenvalue weighted by Crippen LogP contribution is 2.62. The van der Waals surface area contributed by atoms with E-state index in [0.29, 0.717) is 24.1 Å². The molecule has 2 aromatic heterocycles. The summed E-state index contributed by atoms with van der Waals surface area (Å²) in [6, 6.07) is 3.80. The third-order valence-electron chi connectivity index (χ3n) is 6.69. The summed E-state index contributed by atoms with van der Waals surface area (Å²) < 4.78 is 1.76. The van der Waals surface area contributed by atoms with E-state index in [1.54, 1.807) is 4.52 Å². The summed E-state index contributed by atoms with van der Waals surface area (Å²) in [7, 11) is 0. The fourth-order valence-electron chi connectivity index (χ4n) is 6.48. The predicted molar refractivity (Wildman–Crippen MR) is 97.8 cm³/mol. The van der Waals surface area contributed by atoms with Crippen molar-refractivity contribution in [1.82, 2.24) is 14.6 Å². The first-order valence-electron chi connectivity index (χ1n) is 9.68. The van der Waals surface area contributed by atoms with Gasteiger partial charge in [-0.05, 0) is 75.7 Å². The number of rotatable bonds is 3. The Balaban J connectivity index is 1.34. The van der Waals surface area contributed by atoms with Crippen molar-refractivity contribution in [2.75, 3.05) is 5.32 Å².